The quantitative estimate of drug-likeness (QED) is 0.448. The first-order valence-corrected chi connectivity index (χ1v) is 2.22. The summed E-state index contributed by atoms with van der Waals surface area (Å²) >= 11 is 0. The minimum atomic E-state index is 0. The predicted molar refractivity (Wildman–Crippen MR) is 27.0 cm³/mol. The van der Waals surface area contributed by atoms with E-state index in [1.165, 1.54) is 0 Å². The molecule has 8 heavy (non-hydrogen) atoms. The Morgan fingerprint density at radius 3 is 2.25 bits per heavy atom. The molecule has 0 atom stereocenters. The Bertz CT molecular complexity index is 143. The van der Waals surface area contributed by atoms with Gasteiger partial charge in [-0.05, 0) is 13.8 Å². The molecule has 2 nitrogen and oxygen atoms in total. The first kappa shape index (κ1) is 9.02. The molecule has 0 fully saturated rings. The number of aromatic nitrogens is 2. The minimum absolute atomic E-state index is 0. The van der Waals surface area contributed by atoms with Crippen LogP contribution in [0.15, 0.2) is 6.20 Å². The average molecular weight is 181 g/mol. The van der Waals surface area contributed by atoms with Gasteiger partial charge in [0.05, 0.1) is 0 Å². The molecule has 1 aromatic rings. The largest absolute Gasteiger partial charge is 1.00 e. The van der Waals surface area contributed by atoms with Crippen molar-refractivity contribution < 1.29 is 58.2 Å². The van der Waals surface area contributed by atoms with Crippen LogP contribution in [0.2, 0.25) is 0 Å². The van der Waals surface area contributed by atoms with Crippen LogP contribution in [-0.2, 0) is 0 Å². The zero-order valence-electron chi connectivity index (χ0n) is 5.47. The van der Waals surface area contributed by atoms with Crippen LogP contribution in [0, 0.1) is 13.8 Å². The Morgan fingerprint density at radius 2 is 2.12 bits per heavy atom. The van der Waals surface area contributed by atoms with Crippen LogP contribution >= 0.6 is 0 Å². The number of hydrogen-bond donors (Lipinski definition) is 0. The van der Waals surface area contributed by atoms with Gasteiger partial charge in [0.15, 0.2) is 0 Å². The second-order valence-corrected chi connectivity index (χ2v) is 1.56. The van der Waals surface area contributed by atoms with Gasteiger partial charge in [-0.25, -0.2) is 0 Å². The number of imidazole rings is 1. The van der Waals surface area contributed by atoms with Crippen molar-refractivity contribution in [3.8, 4) is 0 Å². The fraction of sp³-hybridized carbons (Fsp3) is 0.400. The van der Waals surface area contributed by atoms with Crippen LogP contribution in [0.3, 0.4) is 0 Å². The van der Waals surface area contributed by atoms with Crippen molar-refractivity contribution in [3.05, 3.63) is 17.7 Å². The third-order valence-corrected chi connectivity index (χ3v) is 0.776. The topological polar surface area (TPSA) is 27.0 Å². The molecule has 0 bridgehead atoms. The Hall–Kier alpha value is 1.02. The van der Waals surface area contributed by atoms with Crippen LogP contribution in [-0.4, -0.2) is 4.98 Å². The molecule has 3 heteroatoms. The predicted octanol–water partition coefficient (Wildman–Crippen LogP) is -2.34. The molecule has 1 heterocycles. The van der Waals surface area contributed by atoms with Gasteiger partial charge < -0.3 is 9.97 Å². The van der Waals surface area contributed by atoms with Crippen molar-refractivity contribution in [1.82, 2.24) is 9.97 Å². The first-order chi connectivity index (χ1) is 3.29. The molecule has 1 rings (SSSR count). The molecule has 0 N–H and O–H groups in total. The Labute approximate surface area is 97.9 Å². The summed E-state index contributed by atoms with van der Waals surface area (Å²) in [6, 6.07) is 0. The smallest absolute Gasteiger partial charge is 0.447 e. The number of nitrogens with zero attached hydrogens (tertiary/aromatic N) is 2. The summed E-state index contributed by atoms with van der Waals surface area (Å²) in [5, 5.41) is 0. The van der Waals surface area contributed by atoms with Crippen LogP contribution in [0.5, 0.6) is 0 Å². The summed E-state index contributed by atoms with van der Waals surface area (Å²) in [4.78, 5) is 7.91. The van der Waals surface area contributed by atoms with E-state index in [4.69, 9.17) is 0 Å². The molecular weight excluding hydrogens is 174 g/mol. The van der Waals surface area contributed by atoms with E-state index in [1.807, 2.05) is 13.8 Å². The SMILES string of the molecule is Cc1cnc(C)[n-]1.[Rb+]. The third kappa shape index (κ3) is 2.53. The van der Waals surface area contributed by atoms with Gasteiger partial charge in [-0.15, -0.1) is 0 Å². The van der Waals surface area contributed by atoms with E-state index >= 15 is 0 Å². The maximum Gasteiger partial charge on any atom is 1.00 e. The van der Waals surface area contributed by atoms with E-state index in [0.717, 1.165) is 11.5 Å². The molecule has 1 aromatic heterocycles. The molecule has 0 aliphatic carbocycles. The molecule has 0 radical (unpaired) electrons. The summed E-state index contributed by atoms with van der Waals surface area (Å²) in [7, 11) is 0. The second kappa shape index (κ2) is 3.93. The molecule has 0 saturated carbocycles. The maximum atomic E-state index is 4.00. The van der Waals surface area contributed by atoms with Gasteiger partial charge >= 0.3 is 58.2 Å². The fourth-order valence-electron chi connectivity index (χ4n) is 0.500. The summed E-state index contributed by atoms with van der Waals surface area (Å²) in [5.74, 6) is 0.859. The number of aryl methyl sites for hydroxylation is 2. The van der Waals surface area contributed by atoms with Crippen LogP contribution in [0.25, 0.3) is 0 Å². The van der Waals surface area contributed by atoms with Gasteiger partial charge in [0, 0.05) is 0 Å². The number of rotatable bonds is 0. The van der Waals surface area contributed by atoms with Gasteiger partial charge in [-0.1, -0.05) is 17.7 Å². The summed E-state index contributed by atoms with van der Waals surface area (Å²) in [5.41, 5.74) is 0.998. The molecule has 0 amide bonds. The third-order valence-electron chi connectivity index (χ3n) is 0.776. The molecule has 0 unspecified atom stereocenters. The van der Waals surface area contributed by atoms with Gasteiger partial charge in [0.1, 0.15) is 0 Å². The second-order valence-electron chi connectivity index (χ2n) is 1.56. The van der Waals surface area contributed by atoms with Crippen molar-refractivity contribution in [1.29, 1.82) is 0 Å². The molecular formula is C5H7N2Rb. The van der Waals surface area contributed by atoms with E-state index < -0.39 is 0 Å². The van der Waals surface area contributed by atoms with Crippen molar-refractivity contribution in [2.75, 3.05) is 0 Å². The van der Waals surface area contributed by atoms with E-state index in [-0.39, 0.29) is 58.2 Å². The molecule has 0 saturated heterocycles. The first-order valence-electron chi connectivity index (χ1n) is 2.22. The van der Waals surface area contributed by atoms with E-state index in [0.29, 0.717) is 0 Å². The van der Waals surface area contributed by atoms with E-state index in [9.17, 15) is 0 Å². The van der Waals surface area contributed by atoms with Crippen molar-refractivity contribution in [2.45, 2.75) is 13.8 Å². The zero-order chi connectivity index (χ0) is 5.28. The molecule has 0 aliphatic heterocycles. The van der Waals surface area contributed by atoms with E-state index in [2.05, 4.69) is 9.97 Å². The van der Waals surface area contributed by atoms with Crippen LogP contribution in [0.4, 0.5) is 0 Å². The Balaban J connectivity index is 0.000000490. The van der Waals surface area contributed by atoms with Gasteiger partial charge in [-0.3, -0.25) is 0 Å². The van der Waals surface area contributed by atoms with Crippen molar-refractivity contribution in [3.63, 3.8) is 0 Å². The van der Waals surface area contributed by atoms with Gasteiger partial charge in [0.25, 0.3) is 0 Å². The maximum absolute atomic E-state index is 4.00. The summed E-state index contributed by atoms with van der Waals surface area (Å²) < 4.78 is 0. The van der Waals surface area contributed by atoms with Gasteiger partial charge in [0.2, 0.25) is 0 Å². The minimum Gasteiger partial charge on any atom is -0.447 e. The van der Waals surface area contributed by atoms with Crippen LogP contribution in [0.1, 0.15) is 11.5 Å². The Morgan fingerprint density at radius 1 is 1.50 bits per heavy atom. The van der Waals surface area contributed by atoms with E-state index in [1.54, 1.807) is 6.20 Å². The van der Waals surface area contributed by atoms with Crippen molar-refractivity contribution in [2.24, 2.45) is 0 Å². The fourth-order valence-corrected chi connectivity index (χ4v) is 0.500. The zero-order valence-corrected chi connectivity index (χ0v) is 10.4. The summed E-state index contributed by atoms with van der Waals surface area (Å²) in [6.07, 6.45) is 1.76. The summed E-state index contributed by atoms with van der Waals surface area (Å²) in [6.45, 7) is 3.81. The molecule has 0 spiro atoms. The average Bonchev–Trinajstić information content (AvgIpc) is 1.87. The normalized spacial score (nSPS) is 8.25. The molecule has 0 aromatic carbocycles. The molecule has 0 aliphatic rings. The van der Waals surface area contributed by atoms with Crippen LogP contribution < -0.4 is 63.2 Å². The Kier molecular flexibility index (Phi) is 4.43. The number of hydrogen-bond acceptors (Lipinski definition) is 1. The standard InChI is InChI=1S/C5H7N2.Rb/c1-4-3-6-5(2)7-4;/h3H,1-2H3;/q-1;+1. The monoisotopic (exact) mass is 180 g/mol. The van der Waals surface area contributed by atoms with Crippen molar-refractivity contribution >= 4 is 0 Å². The van der Waals surface area contributed by atoms with Gasteiger partial charge in [-0.2, -0.15) is 0 Å². The molecule has 38 valence electrons.